The van der Waals surface area contributed by atoms with E-state index in [1.807, 2.05) is 0 Å². The molecular formula is C15H24O8. The lowest BCUT2D eigenvalue weighted by Crippen LogP contribution is -2.46. The van der Waals surface area contributed by atoms with Gasteiger partial charge >= 0.3 is 5.97 Å². The summed E-state index contributed by atoms with van der Waals surface area (Å²) in [5.74, 6) is -2.25. The van der Waals surface area contributed by atoms with E-state index in [1.165, 1.54) is 7.11 Å². The van der Waals surface area contributed by atoms with Crippen molar-refractivity contribution in [1.29, 1.82) is 0 Å². The van der Waals surface area contributed by atoms with Gasteiger partial charge in [-0.2, -0.15) is 0 Å². The number of ether oxygens (including phenoxy) is 7. The molecule has 3 saturated heterocycles. The van der Waals surface area contributed by atoms with Gasteiger partial charge in [-0.3, -0.25) is 0 Å². The van der Waals surface area contributed by atoms with Gasteiger partial charge in [-0.25, -0.2) is 4.79 Å². The van der Waals surface area contributed by atoms with Crippen molar-refractivity contribution >= 4 is 5.97 Å². The minimum atomic E-state index is -1.23. The second kappa shape index (κ2) is 5.65. The summed E-state index contributed by atoms with van der Waals surface area (Å²) in [4.78, 5) is 12.6. The Kier molecular flexibility index (Phi) is 4.19. The van der Waals surface area contributed by atoms with Gasteiger partial charge in [0.25, 0.3) is 0 Å². The summed E-state index contributed by atoms with van der Waals surface area (Å²) in [5.41, 5.74) is -1.23. The first-order valence-corrected chi connectivity index (χ1v) is 7.68. The molecule has 3 aliphatic heterocycles. The summed E-state index contributed by atoms with van der Waals surface area (Å²) >= 11 is 0. The van der Waals surface area contributed by atoms with Crippen molar-refractivity contribution in [3.05, 3.63) is 0 Å². The Hall–Kier alpha value is -0.770. The molecule has 3 aliphatic rings. The third kappa shape index (κ3) is 3.24. The number of hydrogen-bond acceptors (Lipinski definition) is 8. The molecule has 1 spiro atoms. The highest BCUT2D eigenvalue weighted by Gasteiger charge is 2.61. The van der Waals surface area contributed by atoms with Crippen molar-refractivity contribution in [2.75, 3.05) is 20.5 Å². The number of rotatable bonds is 3. The topological polar surface area (TPSA) is 81.7 Å². The molecule has 0 N–H and O–H groups in total. The van der Waals surface area contributed by atoms with Crippen LogP contribution in [-0.2, 0) is 38.0 Å². The molecule has 0 aromatic rings. The Balaban J connectivity index is 1.87. The van der Waals surface area contributed by atoms with Crippen LogP contribution in [0.5, 0.6) is 0 Å². The molecule has 0 amide bonds. The molecule has 8 heteroatoms. The fourth-order valence-corrected chi connectivity index (χ4v) is 3.17. The summed E-state index contributed by atoms with van der Waals surface area (Å²) in [5, 5.41) is 0. The van der Waals surface area contributed by atoms with Gasteiger partial charge in [0.2, 0.25) is 6.29 Å². The van der Waals surface area contributed by atoms with E-state index in [4.69, 9.17) is 33.2 Å². The van der Waals surface area contributed by atoms with Crippen molar-refractivity contribution in [1.82, 2.24) is 0 Å². The number of carbonyl (C=O) groups is 1. The van der Waals surface area contributed by atoms with Gasteiger partial charge in [-0.1, -0.05) is 0 Å². The zero-order chi connectivity index (χ0) is 16.9. The molecule has 0 aromatic heterocycles. The molecular weight excluding hydrogens is 308 g/mol. The third-order valence-corrected chi connectivity index (χ3v) is 4.07. The maximum absolute atomic E-state index is 12.6. The second-order valence-electron chi connectivity index (χ2n) is 6.97. The molecule has 8 nitrogen and oxygen atoms in total. The summed E-state index contributed by atoms with van der Waals surface area (Å²) < 4.78 is 39.2. The summed E-state index contributed by atoms with van der Waals surface area (Å²) in [6, 6.07) is 0. The number of methoxy groups -OCH3 is 1. The summed E-state index contributed by atoms with van der Waals surface area (Å²) in [6.07, 6.45) is -1.67. The SMILES string of the molecule is COCO[C@@H]1C[C@]2(COC(C)(C)O2)C(=O)O[C@@H]2OC(C)(C)O[C@@H]21. The van der Waals surface area contributed by atoms with Crippen molar-refractivity contribution in [2.24, 2.45) is 0 Å². The lowest BCUT2D eigenvalue weighted by molar-refractivity contribution is -0.221. The molecule has 0 bridgehead atoms. The molecule has 0 unspecified atom stereocenters. The molecule has 4 atom stereocenters. The van der Waals surface area contributed by atoms with E-state index >= 15 is 0 Å². The molecule has 0 saturated carbocycles. The third-order valence-electron chi connectivity index (χ3n) is 4.07. The Labute approximate surface area is 135 Å². The highest BCUT2D eigenvalue weighted by Crippen LogP contribution is 2.43. The van der Waals surface area contributed by atoms with E-state index in [9.17, 15) is 4.79 Å². The number of esters is 1. The van der Waals surface area contributed by atoms with Crippen molar-refractivity contribution in [2.45, 2.75) is 69.8 Å². The van der Waals surface area contributed by atoms with Crippen LogP contribution in [0.3, 0.4) is 0 Å². The quantitative estimate of drug-likeness (QED) is 0.557. The predicted octanol–water partition coefficient (Wildman–Crippen LogP) is 0.922. The maximum atomic E-state index is 12.6. The van der Waals surface area contributed by atoms with Crippen LogP contribution in [0.15, 0.2) is 0 Å². The predicted molar refractivity (Wildman–Crippen MR) is 75.1 cm³/mol. The number of hydrogen-bond donors (Lipinski definition) is 0. The highest BCUT2D eigenvalue weighted by molar-refractivity contribution is 5.81. The van der Waals surface area contributed by atoms with Crippen LogP contribution in [0.4, 0.5) is 0 Å². The van der Waals surface area contributed by atoms with E-state index in [2.05, 4.69) is 0 Å². The summed E-state index contributed by atoms with van der Waals surface area (Å²) in [6.45, 7) is 7.18. The van der Waals surface area contributed by atoms with Gasteiger partial charge in [-0.05, 0) is 27.7 Å². The Morgan fingerprint density at radius 3 is 2.52 bits per heavy atom. The van der Waals surface area contributed by atoms with E-state index < -0.39 is 41.6 Å². The lowest BCUT2D eigenvalue weighted by atomic mass is 9.95. The van der Waals surface area contributed by atoms with Gasteiger partial charge in [0.15, 0.2) is 17.2 Å². The van der Waals surface area contributed by atoms with Crippen LogP contribution in [0.1, 0.15) is 34.1 Å². The molecule has 0 aromatic carbocycles. The number of carbonyl (C=O) groups excluding carboxylic acids is 1. The smallest absolute Gasteiger partial charge is 0.343 e. The van der Waals surface area contributed by atoms with Gasteiger partial charge in [0.05, 0.1) is 12.7 Å². The monoisotopic (exact) mass is 332 g/mol. The molecule has 23 heavy (non-hydrogen) atoms. The molecule has 3 rings (SSSR count). The molecule has 3 heterocycles. The Bertz CT molecular complexity index is 476. The van der Waals surface area contributed by atoms with Crippen LogP contribution in [-0.4, -0.2) is 62.2 Å². The van der Waals surface area contributed by atoms with E-state index in [0.717, 1.165) is 0 Å². The van der Waals surface area contributed by atoms with Crippen LogP contribution in [0.2, 0.25) is 0 Å². The van der Waals surface area contributed by atoms with Crippen LogP contribution in [0.25, 0.3) is 0 Å². The first-order chi connectivity index (χ1) is 10.7. The number of fused-ring (bicyclic) bond motifs is 1. The largest absolute Gasteiger partial charge is 0.430 e. The van der Waals surface area contributed by atoms with Gasteiger partial charge in [0.1, 0.15) is 12.9 Å². The lowest BCUT2D eigenvalue weighted by Gasteiger charge is -2.29. The minimum Gasteiger partial charge on any atom is -0.430 e. The normalized spacial score (nSPS) is 41.6. The van der Waals surface area contributed by atoms with E-state index in [-0.39, 0.29) is 19.8 Å². The second-order valence-corrected chi connectivity index (χ2v) is 6.97. The van der Waals surface area contributed by atoms with Crippen molar-refractivity contribution < 1.29 is 38.0 Å². The van der Waals surface area contributed by atoms with Crippen molar-refractivity contribution in [3.8, 4) is 0 Å². The Morgan fingerprint density at radius 2 is 1.91 bits per heavy atom. The minimum absolute atomic E-state index is 0.0617. The first-order valence-electron chi connectivity index (χ1n) is 7.68. The van der Waals surface area contributed by atoms with Gasteiger partial charge in [0, 0.05) is 13.5 Å². The fourth-order valence-electron chi connectivity index (χ4n) is 3.17. The van der Waals surface area contributed by atoms with Gasteiger partial charge < -0.3 is 33.2 Å². The molecule has 132 valence electrons. The average Bonchev–Trinajstić information content (AvgIpc) is 2.88. The van der Waals surface area contributed by atoms with Gasteiger partial charge in [-0.15, -0.1) is 0 Å². The highest BCUT2D eigenvalue weighted by atomic mass is 16.8. The van der Waals surface area contributed by atoms with E-state index in [0.29, 0.717) is 0 Å². The molecule has 3 fully saturated rings. The average molecular weight is 332 g/mol. The van der Waals surface area contributed by atoms with Crippen LogP contribution in [0, 0.1) is 0 Å². The maximum Gasteiger partial charge on any atom is 0.343 e. The molecule has 0 aliphatic carbocycles. The summed E-state index contributed by atoms with van der Waals surface area (Å²) in [7, 11) is 1.53. The zero-order valence-corrected chi connectivity index (χ0v) is 14.1. The fraction of sp³-hybridized carbons (Fsp3) is 0.933. The van der Waals surface area contributed by atoms with Crippen LogP contribution < -0.4 is 0 Å². The Morgan fingerprint density at radius 1 is 1.17 bits per heavy atom. The standard InChI is InChI=1S/C15H24O8/c1-13(2)19-7-15(23-13)6-9(18-8-17-5)10-11(20-12(15)16)22-14(3,4)21-10/h9-11H,6-8H2,1-5H3/t9-,10-,11-,15+/m1/s1. The first kappa shape index (κ1) is 17.1. The molecule has 0 radical (unpaired) electrons. The van der Waals surface area contributed by atoms with Crippen molar-refractivity contribution in [3.63, 3.8) is 0 Å². The zero-order valence-electron chi connectivity index (χ0n) is 14.1. The van der Waals surface area contributed by atoms with Crippen LogP contribution >= 0.6 is 0 Å². The van der Waals surface area contributed by atoms with E-state index in [1.54, 1.807) is 27.7 Å².